The number of nitrogens with one attached hydrogen (secondary N) is 2. The first-order chi connectivity index (χ1) is 17.3. The smallest absolute Gasteiger partial charge is 0.248 e. The van der Waals surface area contributed by atoms with Gasteiger partial charge in [-0.15, -0.1) is 11.8 Å². The van der Waals surface area contributed by atoms with Crippen molar-refractivity contribution in [3.63, 3.8) is 0 Å². The first-order valence-electron chi connectivity index (χ1n) is 12.7. The molecule has 2 unspecified atom stereocenters. The van der Waals surface area contributed by atoms with Gasteiger partial charge < -0.3 is 20.6 Å². The average molecular weight is 508 g/mol. The van der Waals surface area contributed by atoms with Crippen LogP contribution in [0, 0.1) is 25.7 Å². The van der Waals surface area contributed by atoms with Crippen molar-refractivity contribution in [1.82, 2.24) is 4.90 Å². The van der Waals surface area contributed by atoms with E-state index in [1.807, 2.05) is 69.3 Å². The number of para-hydroxylation sites is 1. The highest BCUT2D eigenvalue weighted by Gasteiger charge is 2.74. The number of rotatable bonds is 7. The van der Waals surface area contributed by atoms with Crippen molar-refractivity contribution >= 4 is 40.9 Å². The molecule has 7 nitrogen and oxygen atoms in total. The minimum absolute atomic E-state index is 0.0185. The number of hydrogen-bond acceptors (Lipinski definition) is 5. The zero-order valence-electron chi connectivity index (χ0n) is 20.9. The summed E-state index contributed by atoms with van der Waals surface area (Å²) in [7, 11) is 0. The summed E-state index contributed by atoms with van der Waals surface area (Å²) in [6.45, 7) is 5.59. The number of likely N-dealkylation sites (tertiary alicyclic amines) is 1. The standard InChI is InChI=1S/C28H33N3O4S/c1-4-19(15-32)31-24(26(34)30-20-14-16(2)10-11-17(20)3)28-13-12-21(36-28)22(23(28)27(31)35)25(33)29-18-8-6-5-7-9-18/h5-11,14,19,21-24,32H,4,12-13,15H2,1-3H3,(H,29,33)(H,30,34)/t19-,21-,22+,23-,24?,28?/m0/s1. The normalized spacial score (nSPS) is 29.2. The van der Waals surface area contributed by atoms with Gasteiger partial charge in [-0.25, -0.2) is 0 Å². The predicted octanol–water partition coefficient (Wildman–Crippen LogP) is 3.74. The van der Waals surface area contributed by atoms with Crippen LogP contribution >= 0.6 is 11.8 Å². The molecule has 6 atom stereocenters. The van der Waals surface area contributed by atoms with E-state index < -0.39 is 28.7 Å². The Hall–Kier alpha value is -2.84. The SMILES string of the molecule is CC[C@@H](CO)N1C(=O)[C@@H]2[C@H](C(=O)Nc3ccccc3)[C@@H]3CCC2(S3)C1C(=O)Nc1cc(C)ccc1C. The fourth-order valence-electron chi connectivity index (χ4n) is 6.32. The minimum Gasteiger partial charge on any atom is -0.394 e. The van der Waals surface area contributed by atoms with Gasteiger partial charge >= 0.3 is 0 Å². The second kappa shape index (κ2) is 9.56. The number of benzene rings is 2. The van der Waals surface area contributed by atoms with Crippen molar-refractivity contribution in [2.75, 3.05) is 17.2 Å². The number of hydrogen-bond donors (Lipinski definition) is 3. The highest BCUT2D eigenvalue weighted by molar-refractivity contribution is 8.02. The van der Waals surface area contributed by atoms with Gasteiger partial charge in [0.2, 0.25) is 17.7 Å². The van der Waals surface area contributed by atoms with Crippen LogP contribution in [-0.2, 0) is 14.4 Å². The van der Waals surface area contributed by atoms with E-state index in [1.165, 1.54) is 0 Å². The molecule has 0 aromatic heterocycles. The van der Waals surface area contributed by atoms with Crippen LogP contribution in [0.15, 0.2) is 48.5 Å². The third kappa shape index (κ3) is 3.91. The first-order valence-corrected chi connectivity index (χ1v) is 13.5. The van der Waals surface area contributed by atoms with E-state index in [9.17, 15) is 19.5 Å². The first kappa shape index (κ1) is 24.8. The molecule has 36 heavy (non-hydrogen) atoms. The van der Waals surface area contributed by atoms with Crippen molar-refractivity contribution in [3.05, 3.63) is 59.7 Å². The van der Waals surface area contributed by atoms with Gasteiger partial charge in [-0.2, -0.15) is 0 Å². The van der Waals surface area contributed by atoms with Crippen LogP contribution in [0.3, 0.4) is 0 Å². The summed E-state index contributed by atoms with van der Waals surface area (Å²) < 4.78 is -0.690. The van der Waals surface area contributed by atoms with E-state index in [0.29, 0.717) is 18.5 Å². The minimum atomic E-state index is -0.753. The number of fused-ring (bicyclic) bond motifs is 1. The number of aliphatic hydroxyl groups is 1. The molecule has 3 saturated heterocycles. The van der Waals surface area contributed by atoms with Gasteiger partial charge in [-0.3, -0.25) is 14.4 Å². The molecule has 3 amide bonds. The lowest BCUT2D eigenvalue weighted by molar-refractivity contribution is -0.141. The molecule has 0 saturated carbocycles. The van der Waals surface area contributed by atoms with Gasteiger partial charge in [0.05, 0.1) is 29.2 Å². The lowest BCUT2D eigenvalue weighted by Gasteiger charge is -2.36. The van der Waals surface area contributed by atoms with E-state index in [0.717, 1.165) is 23.2 Å². The van der Waals surface area contributed by atoms with Crippen molar-refractivity contribution in [2.24, 2.45) is 11.8 Å². The van der Waals surface area contributed by atoms with Gasteiger partial charge in [0.15, 0.2) is 0 Å². The van der Waals surface area contributed by atoms with Crippen LogP contribution in [0.2, 0.25) is 0 Å². The number of nitrogens with zero attached hydrogens (tertiary/aromatic N) is 1. The van der Waals surface area contributed by atoms with Gasteiger partial charge in [-0.1, -0.05) is 37.3 Å². The van der Waals surface area contributed by atoms with Gasteiger partial charge in [0.1, 0.15) is 6.04 Å². The fraction of sp³-hybridized carbons (Fsp3) is 0.464. The lowest BCUT2D eigenvalue weighted by atomic mass is 9.70. The summed E-state index contributed by atoms with van der Waals surface area (Å²) >= 11 is 1.63. The topological polar surface area (TPSA) is 98.7 Å². The zero-order chi connectivity index (χ0) is 25.6. The molecule has 3 fully saturated rings. The lowest BCUT2D eigenvalue weighted by Crippen LogP contribution is -2.54. The Bertz CT molecular complexity index is 1180. The second-order valence-corrected chi connectivity index (χ2v) is 11.8. The summed E-state index contributed by atoms with van der Waals surface area (Å²) in [5, 5.41) is 16.2. The van der Waals surface area contributed by atoms with Crippen molar-refractivity contribution in [2.45, 2.75) is 62.1 Å². The molecule has 0 aliphatic carbocycles. The zero-order valence-corrected chi connectivity index (χ0v) is 21.7. The molecule has 3 aliphatic rings. The van der Waals surface area contributed by atoms with E-state index in [-0.39, 0.29) is 29.6 Å². The molecule has 1 spiro atoms. The Morgan fingerprint density at radius 3 is 2.58 bits per heavy atom. The maximum Gasteiger partial charge on any atom is 0.248 e. The maximum absolute atomic E-state index is 14.0. The summed E-state index contributed by atoms with van der Waals surface area (Å²) in [6, 6.07) is 13.9. The summed E-state index contributed by atoms with van der Waals surface area (Å²) in [6.07, 6.45) is 1.99. The molecule has 2 aromatic carbocycles. The molecule has 5 rings (SSSR count). The molecule has 3 heterocycles. The summed E-state index contributed by atoms with van der Waals surface area (Å²) in [5.41, 5.74) is 3.39. The van der Waals surface area contributed by atoms with Crippen molar-refractivity contribution < 1.29 is 19.5 Å². The number of carbonyl (C=O) groups excluding carboxylic acids is 3. The van der Waals surface area contributed by atoms with Crippen molar-refractivity contribution in [1.29, 1.82) is 0 Å². The second-order valence-electron chi connectivity index (χ2n) is 10.2. The molecular weight excluding hydrogens is 474 g/mol. The molecule has 3 N–H and O–H groups in total. The summed E-state index contributed by atoms with van der Waals surface area (Å²) in [5.74, 6) is -1.73. The predicted molar refractivity (Wildman–Crippen MR) is 142 cm³/mol. The molecule has 8 heteroatoms. The quantitative estimate of drug-likeness (QED) is 0.530. The average Bonchev–Trinajstić information content (AvgIpc) is 3.50. The number of carbonyl (C=O) groups is 3. The monoisotopic (exact) mass is 507 g/mol. The molecule has 0 radical (unpaired) electrons. The molecule has 190 valence electrons. The van der Waals surface area contributed by atoms with Crippen LogP contribution in [0.1, 0.15) is 37.3 Å². The van der Waals surface area contributed by atoms with Crippen LogP contribution < -0.4 is 10.6 Å². The number of aliphatic hydroxyl groups excluding tert-OH is 1. The Kier molecular flexibility index (Phi) is 6.59. The number of thioether (sulfide) groups is 1. The largest absolute Gasteiger partial charge is 0.394 e. The van der Waals surface area contributed by atoms with E-state index in [1.54, 1.807) is 16.7 Å². The molecular formula is C28H33N3O4S. The number of amides is 3. The molecule has 2 bridgehead atoms. The third-order valence-corrected chi connectivity index (χ3v) is 10.0. The van der Waals surface area contributed by atoms with Crippen LogP contribution in [0.25, 0.3) is 0 Å². The van der Waals surface area contributed by atoms with E-state index >= 15 is 0 Å². The van der Waals surface area contributed by atoms with Crippen LogP contribution in [0.5, 0.6) is 0 Å². The van der Waals surface area contributed by atoms with Crippen molar-refractivity contribution in [3.8, 4) is 0 Å². The molecule has 2 aromatic rings. The van der Waals surface area contributed by atoms with E-state index in [2.05, 4.69) is 10.6 Å². The van der Waals surface area contributed by atoms with Crippen LogP contribution in [0.4, 0.5) is 11.4 Å². The Labute approximate surface area is 216 Å². The number of anilines is 2. The molecule has 3 aliphatic heterocycles. The van der Waals surface area contributed by atoms with E-state index in [4.69, 9.17) is 0 Å². The Morgan fingerprint density at radius 1 is 1.14 bits per heavy atom. The highest BCUT2D eigenvalue weighted by Crippen LogP contribution is 2.66. The third-order valence-electron chi connectivity index (χ3n) is 8.06. The fourth-order valence-corrected chi connectivity index (χ4v) is 8.52. The number of aryl methyl sites for hydroxylation is 2. The van der Waals surface area contributed by atoms with Gasteiger partial charge in [0.25, 0.3) is 0 Å². The highest BCUT2D eigenvalue weighted by atomic mass is 32.2. The van der Waals surface area contributed by atoms with Crippen LogP contribution in [-0.4, -0.2) is 56.4 Å². The summed E-state index contributed by atoms with van der Waals surface area (Å²) in [4.78, 5) is 43.1. The Morgan fingerprint density at radius 2 is 1.89 bits per heavy atom. The van der Waals surface area contributed by atoms with Gasteiger partial charge in [-0.05, 0) is 62.4 Å². The van der Waals surface area contributed by atoms with Gasteiger partial charge in [0, 0.05) is 16.6 Å². The maximum atomic E-state index is 14.0. The Balaban J connectivity index is 1.51.